The lowest BCUT2D eigenvalue weighted by molar-refractivity contribution is 0.590. The molecule has 0 unspecified atom stereocenters. The lowest BCUT2D eigenvalue weighted by Crippen LogP contribution is -2.15. The van der Waals surface area contributed by atoms with Gasteiger partial charge in [0.2, 0.25) is 0 Å². The van der Waals surface area contributed by atoms with Crippen LogP contribution in [0.25, 0.3) is 87.3 Å². The second kappa shape index (κ2) is 16.3. The van der Waals surface area contributed by atoms with E-state index in [1.165, 1.54) is 87.1 Å². The van der Waals surface area contributed by atoms with Gasteiger partial charge in [-0.1, -0.05) is 163 Å². The van der Waals surface area contributed by atoms with Gasteiger partial charge in [0.05, 0.1) is 33.4 Å². The van der Waals surface area contributed by atoms with Gasteiger partial charge >= 0.3 is 0 Å². The van der Waals surface area contributed by atoms with Gasteiger partial charge in [0.25, 0.3) is 0 Å². The molecule has 0 aliphatic heterocycles. The highest BCUT2D eigenvalue weighted by Gasteiger charge is 2.26. The van der Waals surface area contributed by atoms with Gasteiger partial charge < -0.3 is 18.9 Å². The van der Waals surface area contributed by atoms with Gasteiger partial charge in [-0.05, 0) is 153 Å². The van der Waals surface area contributed by atoms with Gasteiger partial charge in [-0.25, -0.2) is 0 Å². The Balaban J connectivity index is 0.959. The molecular weight excluding hydrogens is 897 g/mol. The van der Waals surface area contributed by atoms with Crippen LogP contribution in [0, 0.1) is 0 Å². The van der Waals surface area contributed by atoms with Crippen molar-refractivity contribution in [1.29, 1.82) is 0 Å². The molecule has 0 aliphatic carbocycles. The quantitative estimate of drug-likeness (QED) is 0.141. The monoisotopic (exact) mass is 952 g/mol. The second-order valence-electron chi connectivity index (χ2n) is 22.3. The van der Waals surface area contributed by atoms with E-state index in [9.17, 15) is 0 Å². The van der Waals surface area contributed by atoms with Gasteiger partial charge in [-0.15, -0.1) is 0 Å². The minimum atomic E-state index is -0.0318. The Hall–Kier alpha value is -8.86. The molecule has 0 aliphatic rings. The molecule has 0 bridgehead atoms. The molecule has 14 aromatic rings. The maximum atomic E-state index is 2.48. The molecular formula is C70H56N4. The Morgan fingerprint density at radius 3 is 1.08 bits per heavy atom. The molecule has 0 atom stereocenters. The van der Waals surface area contributed by atoms with Crippen molar-refractivity contribution in [2.75, 3.05) is 9.80 Å². The number of benzene rings is 12. The molecule has 2 heterocycles. The van der Waals surface area contributed by atoms with E-state index in [1.54, 1.807) is 0 Å². The summed E-state index contributed by atoms with van der Waals surface area (Å²) in [6, 6.07) is 85.9. The van der Waals surface area contributed by atoms with Crippen LogP contribution in [-0.2, 0) is 10.8 Å². The third-order valence-electron chi connectivity index (χ3n) is 15.6. The van der Waals surface area contributed by atoms with Crippen LogP contribution in [0.4, 0.5) is 34.1 Å². The molecule has 12 aromatic carbocycles. The number of hydrogen-bond acceptors (Lipinski definition) is 2. The lowest BCUT2D eigenvalue weighted by Gasteiger charge is -2.30. The molecule has 0 amide bonds. The first-order valence-electron chi connectivity index (χ1n) is 26.0. The van der Waals surface area contributed by atoms with Crippen LogP contribution in [0.3, 0.4) is 0 Å². The average molecular weight is 953 g/mol. The fourth-order valence-electron chi connectivity index (χ4n) is 12.0. The standard InChI is InChI=1S/C70H56N4/c1-69(2,3)49-19-15-25-53(43-49)71(59-37-39-63-67-57(59)35-31-45-17-13-27-61(65(45)67)73(63)51-21-9-7-10-22-51)55-33-29-48-42-56(34-30-47(48)41-55)72(54-26-16-20-50(44-54)70(4,5)6)60-38-40-64-68-58(60)36-32-46-18-14-28-62(66(46)68)74(64)52-23-11-8-12-24-52/h7-44H,1-6H3. The summed E-state index contributed by atoms with van der Waals surface area (Å²) in [4.78, 5) is 4.97. The van der Waals surface area contributed by atoms with Crippen molar-refractivity contribution in [3.63, 3.8) is 0 Å². The first kappa shape index (κ1) is 43.9. The summed E-state index contributed by atoms with van der Waals surface area (Å²) in [5.41, 5.74) is 16.5. The number of rotatable bonds is 8. The maximum absolute atomic E-state index is 2.48. The fourth-order valence-corrected chi connectivity index (χ4v) is 12.0. The van der Waals surface area contributed by atoms with Crippen LogP contribution in [-0.4, -0.2) is 9.13 Å². The van der Waals surface area contributed by atoms with Gasteiger partial charge in [0, 0.05) is 66.4 Å². The Bertz CT molecular complexity index is 4160. The third-order valence-corrected chi connectivity index (χ3v) is 15.6. The summed E-state index contributed by atoms with van der Waals surface area (Å²) in [5, 5.41) is 12.4. The van der Waals surface area contributed by atoms with E-state index in [0.29, 0.717) is 0 Å². The number of fused-ring (bicyclic) bond motifs is 1. The van der Waals surface area contributed by atoms with Gasteiger partial charge in [-0.2, -0.15) is 0 Å². The zero-order valence-corrected chi connectivity index (χ0v) is 42.7. The van der Waals surface area contributed by atoms with E-state index in [4.69, 9.17) is 0 Å². The predicted molar refractivity (Wildman–Crippen MR) is 317 cm³/mol. The Labute approximate surface area is 432 Å². The van der Waals surface area contributed by atoms with Crippen molar-refractivity contribution in [3.8, 4) is 11.4 Å². The normalized spacial score (nSPS) is 12.5. The summed E-state index contributed by atoms with van der Waals surface area (Å²) in [6.07, 6.45) is 0. The van der Waals surface area contributed by atoms with Crippen molar-refractivity contribution < 1.29 is 0 Å². The lowest BCUT2D eigenvalue weighted by atomic mass is 9.86. The summed E-state index contributed by atoms with van der Waals surface area (Å²) in [5.74, 6) is 0. The third kappa shape index (κ3) is 6.82. The zero-order valence-electron chi connectivity index (χ0n) is 42.7. The van der Waals surface area contributed by atoms with Gasteiger partial charge in [0.15, 0.2) is 0 Å². The van der Waals surface area contributed by atoms with Crippen molar-refractivity contribution >= 4 is 110 Å². The first-order valence-corrected chi connectivity index (χ1v) is 26.0. The highest BCUT2D eigenvalue weighted by Crippen LogP contribution is 2.49. The first-order chi connectivity index (χ1) is 36.0. The average Bonchev–Trinajstić information content (AvgIpc) is 4.00. The smallest absolute Gasteiger partial charge is 0.0548 e. The molecule has 14 rings (SSSR count). The summed E-state index contributed by atoms with van der Waals surface area (Å²) in [7, 11) is 0. The SMILES string of the molecule is CC(C)(C)c1cccc(N(c2ccc3cc(N(c4cccc(C(C)(C)C)c4)c4ccc5c6c4ccc4cccc(c46)n5-c4ccccc4)ccc3c2)c2ccc3c4c2ccc2cccc(c24)n3-c2ccccc2)c1. The Kier molecular flexibility index (Phi) is 9.68. The summed E-state index contributed by atoms with van der Waals surface area (Å²) >= 11 is 0. The Morgan fingerprint density at radius 1 is 0.284 bits per heavy atom. The fraction of sp³-hybridized carbons (Fsp3) is 0.114. The maximum Gasteiger partial charge on any atom is 0.0548 e. The number of hydrogen-bond donors (Lipinski definition) is 0. The van der Waals surface area contributed by atoms with Gasteiger partial charge in [-0.3, -0.25) is 0 Å². The number of para-hydroxylation sites is 2. The molecule has 0 spiro atoms. The largest absolute Gasteiger partial charge is 0.310 e. The molecule has 0 fully saturated rings. The van der Waals surface area contributed by atoms with Crippen LogP contribution in [0.15, 0.2) is 231 Å². The molecule has 2 aromatic heterocycles. The van der Waals surface area contributed by atoms with E-state index in [2.05, 4.69) is 291 Å². The highest BCUT2D eigenvalue weighted by molar-refractivity contribution is 6.28. The van der Waals surface area contributed by atoms with Crippen molar-refractivity contribution in [1.82, 2.24) is 9.13 Å². The molecule has 0 radical (unpaired) electrons. The zero-order chi connectivity index (χ0) is 50.0. The minimum absolute atomic E-state index is 0.0318. The number of aromatic nitrogens is 2. The van der Waals surface area contributed by atoms with Crippen LogP contribution >= 0.6 is 0 Å². The number of anilines is 6. The van der Waals surface area contributed by atoms with E-state index in [1.807, 2.05) is 0 Å². The molecule has 74 heavy (non-hydrogen) atoms. The Morgan fingerprint density at radius 2 is 0.662 bits per heavy atom. The molecule has 0 saturated carbocycles. The van der Waals surface area contributed by atoms with Crippen molar-refractivity contribution in [3.05, 3.63) is 242 Å². The predicted octanol–water partition coefficient (Wildman–Crippen LogP) is 19.8. The van der Waals surface area contributed by atoms with Crippen LogP contribution in [0.5, 0.6) is 0 Å². The molecule has 356 valence electrons. The number of nitrogens with zero attached hydrogens (tertiary/aromatic N) is 4. The van der Waals surface area contributed by atoms with E-state index >= 15 is 0 Å². The summed E-state index contributed by atoms with van der Waals surface area (Å²) < 4.78 is 4.86. The highest BCUT2D eigenvalue weighted by atomic mass is 15.2. The molecule has 0 saturated heterocycles. The van der Waals surface area contributed by atoms with Crippen molar-refractivity contribution in [2.24, 2.45) is 0 Å². The van der Waals surface area contributed by atoms with Crippen LogP contribution < -0.4 is 9.80 Å². The topological polar surface area (TPSA) is 16.3 Å². The second-order valence-corrected chi connectivity index (χ2v) is 22.3. The minimum Gasteiger partial charge on any atom is -0.310 e. The summed E-state index contributed by atoms with van der Waals surface area (Å²) in [6.45, 7) is 13.8. The van der Waals surface area contributed by atoms with Crippen molar-refractivity contribution in [2.45, 2.75) is 52.4 Å². The molecule has 0 N–H and O–H groups in total. The molecule has 4 nitrogen and oxygen atoms in total. The van der Waals surface area contributed by atoms with E-state index < -0.39 is 0 Å². The van der Waals surface area contributed by atoms with Crippen LogP contribution in [0.2, 0.25) is 0 Å². The molecule has 4 heteroatoms. The van der Waals surface area contributed by atoms with Gasteiger partial charge in [0.1, 0.15) is 0 Å². The van der Waals surface area contributed by atoms with E-state index in [0.717, 1.165) is 45.5 Å². The van der Waals surface area contributed by atoms with Crippen LogP contribution in [0.1, 0.15) is 52.7 Å². The van der Waals surface area contributed by atoms with E-state index in [-0.39, 0.29) is 10.8 Å².